The van der Waals surface area contributed by atoms with Crippen LogP contribution in [0.25, 0.3) is 10.9 Å². The van der Waals surface area contributed by atoms with Crippen LogP contribution in [0, 0.1) is 11.7 Å². The van der Waals surface area contributed by atoms with E-state index in [1.54, 1.807) is 24.3 Å². The number of nitrogens with one attached hydrogen (secondary N) is 2. The molecule has 3 aromatic rings. The Balaban J connectivity index is 1.55. The number of aryl methyl sites for hydroxylation is 1. The highest BCUT2D eigenvalue weighted by molar-refractivity contribution is 7.71. The van der Waals surface area contributed by atoms with Gasteiger partial charge < -0.3 is 19.5 Å². The first-order valence-corrected chi connectivity index (χ1v) is 10.9. The molecular weight excluding hydrogens is 428 g/mol. The minimum Gasteiger partial charge on any atom is -0.465 e. The number of furan rings is 1. The average Bonchev–Trinajstić information content (AvgIpc) is 3.23. The van der Waals surface area contributed by atoms with Crippen LogP contribution in [0.3, 0.4) is 0 Å². The molecule has 0 saturated carbocycles. The van der Waals surface area contributed by atoms with Crippen molar-refractivity contribution in [2.24, 2.45) is 0 Å². The maximum absolute atomic E-state index is 12.9. The Kier molecular flexibility index (Phi) is 6.69. The zero-order valence-electron chi connectivity index (χ0n) is 17.9. The molecule has 3 heterocycles. The van der Waals surface area contributed by atoms with Gasteiger partial charge in [-0.2, -0.15) is 0 Å². The SMILES string of the molecule is C=CCn1c(=S)[nH]c2cc(C(=O)NC[C@H](c3ccc(C)o3)N3CCOCC3)ccc2c1=O. The third kappa shape index (κ3) is 4.59. The number of amides is 1. The number of aromatic nitrogens is 2. The summed E-state index contributed by atoms with van der Waals surface area (Å²) in [6.45, 7) is 9.11. The van der Waals surface area contributed by atoms with E-state index in [0.29, 0.717) is 47.5 Å². The van der Waals surface area contributed by atoms with Crippen LogP contribution in [0.1, 0.15) is 27.9 Å². The van der Waals surface area contributed by atoms with Crippen LogP contribution in [0.4, 0.5) is 0 Å². The fourth-order valence-electron chi connectivity index (χ4n) is 3.91. The quantitative estimate of drug-likeness (QED) is 0.421. The summed E-state index contributed by atoms with van der Waals surface area (Å²) in [6, 6.07) is 8.73. The summed E-state index contributed by atoms with van der Waals surface area (Å²) in [5.41, 5.74) is 0.760. The Morgan fingerprint density at radius 3 is 2.78 bits per heavy atom. The highest BCUT2D eigenvalue weighted by atomic mass is 32.1. The first-order chi connectivity index (χ1) is 15.5. The summed E-state index contributed by atoms with van der Waals surface area (Å²) in [6.07, 6.45) is 1.62. The van der Waals surface area contributed by atoms with Crippen LogP contribution in [0.5, 0.6) is 0 Å². The first kappa shape index (κ1) is 22.2. The number of aromatic amines is 1. The van der Waals surface area contributed by atoms with E-state index in [1.165, 1.54) is 4.57 Å². The highest BCUT2D eigenvalue weighted by Gasteiger charge is 2.26. The topological polar surface area (TPSA) is 92.5 Å². The van der Waals surface area contributed by atoms with Crippen molar-refractivity contribution in [2.45, 2.75) is 19.5 Å². The number of carbonyl (C=O) groups is 1. The van der Waals surface area contributed by atoms with E-state index in [4.69, 9.17) is 21.4 Å². The van der Waals surface area contributed by atoms with Crippen LogP contribution in [-0.2, 0) is 11.3 Å². The van der Waals surface area contributed by atoms with E-state index in [9.17, 15) is 9.59 Å². The second-order valence-corrected chi connectivity index (χ2v) is 8.10. The summed E-state index contributed by atoms with van der Waals surface area (Å²) in [5, 5.41) is 3.48. The molecule has 168 valence electrons. The van der Waals surface area contributed by atoms with E-state index in [0.717, 1.165) is 24.6 Å². The van der Waals surface area contributed by atoms with Gasteiger partial charge in [-0.05, 0) is 49.5 Å². The molecule has 32 heavy (non-hydrogen) atoms. The lowest BCUT2D eigenvalue weighted by molar-refractivity contribution is 0.0117. The number of ether oxygens (including phenoxy) is 1. The molecule has 8 nitrogen and oxygen atoms in total. The Hall–Kier alpha value is -3.01. The molecule has 0 aliphatic carbocycles. The van der Waals surface area contributed by atoms with Gasteiger partial charge in [-0.3, -0.25) is 19.1 Å². The van der Waals surface area contributed by atoms with Crippen molar-refractivity contribution in [3.63, 3.8) is 0 Å². The average molecular weight is 455 g/mol. The van der Waals surface area contributed by atoms with Crippen molar-refractivity contribution in [3.05, 3.63) is 75.2 Å². The van der Waals surface area contributed by atoms with Gasteiger partial charge in [-0.25, -0.2) is 0 Å². The number of hydrogen-bond donors (Lipinski definition) is 2. The second kappa shape index (κ2) is 9.64. The lowest BCUT2D eigenvalue weighted by Crippen LogP contribution is -2.43. The number of carbonyl (C=O) groups excluding carboxylic acids is 1. The van der Waals surface area contributed by atoms with E-state index < -0.39 is 0 Å². The van der Waals surface area contributed by atoms with Crippen molar-refractivity contribution in [1.29, 1.82) is 0 Å². The van der Waals surface area contributed by atoms with Gasteiger partial charge in [-0.15, -0.1) is 6.58 Å². The summed E-state index contributed by atoms with van der Waals surface area (Å²) in [7, 11) is 0. The van der Waals surface area contributed by atoms with Gasteiger partial charge in [0.15, 0.2) is 4.77 Å². The number of allylic oxidation sites excluding steroid dienone is 1. The predicted octanol–water partition coefficient (Wildman–Crippen LogP) is 2.95. The van der Waals surface area contributed by atoms with Crippen molar-refractivity contribution in [3.8, 4) is 0 Å². The lowest BCUT2D eigenvalue weighted by atomic mass is 10.1. The minimum absolute atomic E-state index is 0.0890. The Bertz CT molecular complexity index is 1250. The second-order valence-electron chi connectivity index (χ2n) is 7.72. The molecule has 1 aromatic carbocycles. The molecule has 1 amide bonds. The normalized spacial score (nSPS) is 15.5. The van der Waals surface area contributed by atoms with Crippen molar-refractivity contribution in [2.75, 3.05) is 32.8 Å². The van der Waals surface area contributed by atoms with Gasteiger partial charge in [0.25, 0.3) is 11.5 Å². The molecule has 1 atom stereocenters. The van der Waals surface area contributed by atoms with Gasteiger partial charge in [-0.1, -0.05) is 6.08 Å². The molecule has 2 aromatic heterocycles. The Morgan fingerprint density at radius 2 is 2.09 bits per heavy atom. The van der Waals surface area contributed by atoms with Crippen LogP contribution in [-0.4, -0.2) is 53.2 Å². The summed E-state index contributed by atoms with van der Waals surface area (Å²) >= 11 is 5.29. The van der Waals surface area contributed by atoms with Crippen molar-refractivity contribution >= 4 is 29.0 Å². The third-order valence-electron chi connectivity index (χ3n) is 5.59. The number of morpholine rings is 1. The first-order valence-electron chi connectivity index (χ1n) is 10.5. The van der Waals surface area contributed by atoms with Crippen molar-refractivity contribution < 1.29 is 13.9 Å². The summed E-state index contributed by atoms with van der Waals surface area (Å²) < 4.78 is 13.0. The fourth-order valence-corrected chi connectivity index (χ4v) is 4.18. The number of hydrogen-bond acceptors (Lipinski definition) is 6. The molecule has 0 spiro atoms. The van der Waals surface area contributed by atoms with Gasteiger partial charge in [0.05, 0.1) is 30.2 Å². The zero-order valence-corrected chi connectivity index (χ0v) is 18.7. The molecule has 0 radical (unpaired) electrons. The van der Waals surface area contributed by atoms with E-state index in [1.807, 2.05) is 19.1 Å². The smallest absolute Gasteiger partial charge is 0.262 e. The van der Waals surface area contributed by atoms with Gasteiger partial charge >= 0.3 is 0 Å². The number of benzene rings is 1. The van der Waals surface area contributed by atoms with Crippen LogP contribution in [0.2, 0.25) is 0 Å². The molecule has 0 bridgehead atoms. The number of H-pyrrole nitrogens is 1. The van der Waals surface area contributed by atoms with Gasteiger partial charge in [0.2, 0.25) is 0 Å². The molecule has 1 aliphatic heterocycles. The number of rotatable bonds is 7. The Labute approximate surface area is 190 Å². The van der Waals surface area contributed by atoms with Crippen LogP contribution < -0.4 is 10.9 Å². The van der Waals surface area contributed by atoms with Gasteiger partial charge in [0, 0.05) is 31.7 Å². The molecule has 9 heteroatoms. The molecule has 1 fully saturated rings. The van der Waals surface area contributed by atoms with Gasteiger partial charge in [0.1, 0.15) is 11.5 Å². The number of fused-ring (bicyclic) bond motifs is 1. The zero-order chi connectivity index (χ0) is 22.7. The molecular formula is C23H26N4O4S. The fraction of sp³-hybridized carbons (Fsp3) is 0.348. The largest absolute Gasteiger partial charge is 0.465 e. The number of nitrogens with zero attached hydrogens (tertiary/aromatic N) is 2. The third-order valence-corrected chi connectivity index (χ3v) is 5.91. The van der Waals surface area contributed by atoms with E-state index in [-0.39, 0.29) is 17.5 Å². The van der Waals surface area contributed by atoms with E-state index >= 15 is 0 Å². The van der Waals surface area contributed by atoms with Crippen molar-refractivity contribution in [1.82, 2.24) is 19.8 Å². The monoisotopic (exact) mass is 454 g/mol. The standard InChI is InChI=1S/C23H26N4O4S/c1-3-8-27-22(29)17-6-5-16(13-18(17)25-23(27)32)21(28)24-14-19(20-7-4-15(2)31-20)26-9-11-30-12-10-26/h3-7,13,19H,1,8-12,14H2,2H3,(H,24,28)(H,25,32)/t19-/m1/s1. The molecule has 2 N–H and O–H groups in total. The molecule has 4 rings (SSSR count). The highest BCUT2D eigenvalue weighted by Crippen LogP contribution is 2.23. The maximum atomic E-state index is 12.9. The lowest BCUT2D eigenvalue weighted by Gasteiger charge is -2.33. The molecule has 0 unspecified atom stereocenters. The summed E-state index contributed by atoms with van der Waals surface area (Å²) in [4.78, 5) is 30.9. The Morgan fingerprint density at radius 1 is 1.31 bits per heavy atom. The maximum Gasteiger partial charge on any atom is 0.262 e. The molecule has 1 saturated heterocycles. The predicted molar refractivity (Wildman–Crippen MR) is 125 cm³/mol. The van der Waals surface area contributed by atoms with Crippen LogP contribution in [0.15, 0.2) is 52.2 Å². The van der Waals surface area contributed by atoms with E-state index in [2.05, 4.69) is 21.8 Å². The molecule has 1 aliphatic rings. The minimum atomic E-state index is -0.233. The van der Waals surface area contributed by atoms with Crippen LogP contribution >= 0.6 is 12.2 Å². The summed E-state index contributed by atoms with van der Waals surface area (Å²) in [5.74, 6) is 1.41.